The van der Waals surface area contributed by atoms with Gasteiger partial charge in [-0.15, -0.1) is 0 Å². The van der Waals surface area contributed by atoms with Crippen molar-refractivity contribution >= 4 is 22.8 Å². The van der Waals surface area contributed by atoms with Crippen LogP contribution in [0.3, 0.4) is 0 Å². The molecule has 0 aliphatic carbocycles. The van der Waals surface area contributed by atoms with Gasteiger partial charge in [-0.3, -0.25) is 5.10 Å². The molecule has 0 aliphatic heterocycles. The maximum atomic E-state index is 5.64. The van der Waals surface area contributed by atoms with Crippen LogP contribution in [0.5, 0.6) is 5.75 Å². The summed E-state index contributed by atoms with van der Waals surface area (Å²) in [6, 6.07) is 9.64. The zero-order valence-corrected chi connectivity index (χ0v) is 10.7. The number of fused-ring (bicyclic) bond motifs is 1. The van der Waals surface area contributed by atoms with E-state index in [9.17, 15) is 0 Å². The summed E-state index contributed by atoms with van der Waals surface area (Å²) >= 11 is 0. The fraction of sp³-hybridized carbons (Fsp3) is 0.154. The fourth-order valence-corrected chi connectivity index (χ4v) is 1.84. The number of rotatable bonds is 5. The summed E-state index contributed by atoms with van der Waals surface area (Å²) in [7, 11) is 0. The monoisotopic (exact) mass is 270 g/mol. The number of nitrogens with zero attached hydrogens (tertiary/aromatic N) is 3. The summed E-state index contributed by atoms with van der Waals surface area (Å²) in [6.45, 7) is 1.12. The maximum absolute atomic E-state index is 5.64. The number of nitrogens with one attached hydrogen (secondary N) is 2. The minimum atomic E-state index is 0.202. The SMILES string of the molecule is Nc1nc(NCCOc2ccccc2)c2cn[nH]c2n1. The van der Waals surface area contributed by atoms with E-state index in [1.807, 2.05) is 30.3 Å². The Morgan fingerprint density at radius 3 is 2.90 bits per heavy atom. The maximum Gasteiger partial charge on any atom is 0.224 e. The van der Waals surface area contributed by atoms with E-state index in [1.165, 1.54) is 0 Å². The molecule has 0 aliphatic rings. The van der Waals surface area contributed by atoms with Gasteiger partial charge >= 0.3 is 0 Å². The summed E-state index contributed by atoms with van der Waals surface area (Å²) in [5.41, 5.74) is 6.25. The Balaban J connectivity index is 1.61. The van der Waals surface area contributed by atoms with Crippen LogP contribution in [-0.2, 0) is 0 Å². The molecule has 1 aromatic carbocycles. The lowest BCUT2D eigenvalue weighted by atomic mass is 10.3. The van der Waals surface area contributed by atoms with Crippen LogP contribution in [0.25, 0.3) is 11.0 Å². The summed E-state index contributed by atoms with van der Waals surface area (Å²) in [6.07, 6.45) is 1.66. The lowest BCUT2D eigenvalue weighted by Gasteiger charge is -2.08. The summed E-state index contributed by atoms with van der Waals surface area (Å²) in [4.78, 5) is 8.21. The highest BCUT2D eigenvalue weighted by Gasteiger charge is 2.07. The molecule has 7 heteroatoms. The number of aromatic nitrogens is 4. The number of anilines is 2. The number of hydrogen-bond donors (Lipinski definition) is 3. The largest absolute Gasteiger partial charge is 0.492 e. The Bertz CT molecular complexity index is 696. The highest BCUT2D eigenvalue weighted by atomic mass is 16.5. The average molecular weight is 270 g/mol. The van der Waals surface area contributed by atoms with Crippen LogP contribution >= 0.6 is 0 Å². The minimum Gasteiger partial charge on any atom is -0.492 e. The molecule has 0 fully saturated rings. The van der Waals surface area contributed by atoms with Crippen LogP contribution in [0.15, 0.2) is 36.5 Å². The van der Waals surface area contributed by atoms with Crippen molar-refractivity contribution in [3.63, 3.8) is 0 Å². The number of benzene rings is 1. The highest BCUT2D eigenvalue weighted by Crippen LogP contribution is 2.18. The van der Waals surface area contributed by atoms with Gasteiger partial charge in [0, 0.05) is 0 Å². The fourth-order valence-electron chi connectivity index (χ4n) is 1.84. The van der Waals surface area contributed by atoms with Gasteiger partial charge in [0.1, 0.15) is 18.2 Å². The number of nitrogens with two attached hydrogens (primary N) is 1. The van der Waals surface area contributed by atoms with Gasteiger partial charge in [0.2, 0.25) is 5.95 Å². The molecule has 0 atom stereocenters. The Hall–Kier alpha value is -2.83. The molecule has 0 radical (unpaired) electrons. The topological polar surface area (TPSA) is 102 Å². The van der Waals surface area contributed by atoms with Crippen LogP contribution in [0.4, 0.5) is 11.8 Å². The van der Waals surface area contributed by atoms with Gasteiger partial charge in [-0.05, 0) is 12.1 Å². The molecule has 2 aromatic heterocycles. The molecule has 102 valence electrons. The van der Waals surface area contributed by atoms with Crippen LogP contribution in [0.2, 0.25) is 0 Å². The number of nitrogen functional groups attached to an aromatic ring is 1. The minimum absolute atomic E-state index is 0.202. The van der Waals surface area contributed by atoms with E-state index in [1.54, 1.807) is 6.20 Å². The molecule has 3 aromatic rings. The van der Waals surface area contributed by atoms with E-state index in [0.29, 0.717) is 24.6 Å². The molecule has 2 heterocycles. The standard InChI is InChI=1S/C13H14N6O/c14-13-17-11(10-8-16-19-12(10)18-13)15-6-7-20-9-4-2-1-3-5-9/h1-5,8H,6-7H2,(H4,14,15,16,17,18,19). The molecule has 0 saturated heterocycles. The number of H-pyrrole nitrogens is 1. The van der Waals surface area contributed by atoms with E-state index in [2.05, 4.69) is 25.5 Å². The summed E-state index contributed by atoms with van der Waals surface area (Å²) in [5.74, 6) is 1.69. The zero-order chi connectivity index (χ0) is 13.8. The van der Waals surface area contributed by atoms with Gasteiger partial charge in [-0.2, -0.15) is 15.1 Å². The lowest BCUT2D eigenvalue weighted by Crippen LogP contribution is -2.13. The zero-order valence-electron chi connectivity index (χ0n) is 10.7. The molecule has 20 heavy (non-hydrogen) atoms. The molecule has 0 bridgehead atoms. The van der Waals surface area contributed by atoms with Crippen molar-refractivity contribution in [2.24, 2.45) is 0 Å². The first-order valence-corrected chi connectivity index (χ1v) is 6.21. The number of para-hydroxylation sites is 1. The molecule has 0 saturated carbocycles. The van der Waals surface area contributed by atoms with Gasteiger partial charge in [0.15, 0.2) is 5.65 Å². The Kier molecular flexibility index (Phi) is 3.32. The van der Waals surface area contributed by atoms with Crippen LogP contribution in [-0.4, -0.2) is 33.3 Å². The van der Waals surface area contributed by atoms with E-state index in [-0.39, 0.29) is 5.95 Å². The van der Waals surface area contributed by atoms with E-state index in [4.69, 9.17) is 10.5 Å². The Labute approximate surface area is 115 Å². The lowest BCUT2D eigenvalue weighted by molar-refractivity contribution is 0.333. The van der Waals surface area contributed by atoms with Gasteiger partial charge in [0.05, 0.1) is 18.1 Å². The van der Waals surface area contributed by atoms with Crippen molar-refractivity contribution in [1.29, 1.82) is 0 Å². The molecule has 4 N–H and O–H groups in total. The second kappa shape index (κ2) is 5.43. The molecule has 3 rings (SSSR count). The van der Waals surface area contributed by atoms with Crippen molar-refractivity contribution in [3.05, 3.63) is 36.5 Å². The quantitative estimate of drug-likeness (QED) is 0.606. The van der Waals surface area contributed by atoms with E-state index >= 15 is 0 Å². The van der Waals surface area contributed by atoms with Crippen LogP contribution in [0, 0.1) is 0 Å². The highest BCUT2D eigenvalue weighted by molar-refractivity contribution is 5.86. The third kappa shape index (κ3) is 2.61. The number of hydrogen-bond acceptors (Lipinski definition) is 6. The van der Waals surface area contributed by atoms with E-state index in [0.717, 1.165) is 11.1 Å². The van der Waals surface area contributed by atoms with Gasteiger partial charge < -0.3 is 15.8 Å². The first-order chi connectivity index (χ1) is 9.83. The third-order valence-corrected chi connectivity index (χ3v) is 2.73. The van der Waals surface area contributed by atoms with Crippen molar-refractivity contribution in [2.75, 3.05) is 24.2 Å². The van der Waals surface area contributed by atoms with Crippen molar-refractivity contribution in [1.82, 2.24) is 20.2 Å². The van der Waals surface area contributed by atoms with Gasteiger partial charge in [0.25, 0.3) is 0 Å². The predicted octanol–water partition coefficient (Wildman–Crippen LogP) is 1.43. The summed E-state index contributed by atoms with van der Waals surface area (Å²) in [5, 5.41) is 10.7. The first-order valence-electron chi connectivity index (χ1n) is 6.21. The smallest absolute Gasteiger partial charge is 0.224 e. The van der Waals surface area contributed by atoms with Crippen LogP contribution in [0.1, 0.15) is 0 Å². The second-order valence-electron chi connectivity index (χ2n) is 4.15. The Morgan fingerprint density at radius 1 is 1.20 bits per heavy atom. The van der Waals surface area contributed by atoms with Crippen molar-refractivity contribution in [2.45, 2.75) is 0 Å². The average Bonchev–Trinajstić information content (AvgIpc) is 2.92. The molecule has 7 nitrogen and oxygen atoms in total. The normalized spacial score (nSPS) is 10.6. The van der Waals surface area contributed by atoms with Crippen LogP contribution < -0.4 is 15.8 Å². The molecule has 0 unspecified atom stereocenters. The molecule has 0 amide bonds. The van der Waals surface area contributed by atoms with Crippen molar-refractivity contribution in [3.8, 4) is 5.75 Å². The van der Waals surface area contributed by atoms with Gasteiger partial charge in [-0.1, -0.05) is 18.2 Å². The second-order valence-corrected chi connectivity index (χ2v) is 4.15. The third-order valence-electron chi connectivity index (χ3n) is 2.73. The number of ether oxygens (including phenoxy) is 1. The molecular weight excluding hydrogens is 256 g/mol. The number of aromatic amines is 1. The molecule has 0 spiro atoms. The van der Waals surface area contributed by atoms with Gasteiger partial charge in [-0.25, -0.2) is 0 Å². The molecular formula is C13H14N6O. The Morgan fingerprint density at radius 2 is 2.05 bits per heavy atom. The van der Waals surface area contributed by atoms with E-state index < -0.39 is 0 Å². The summed E-state index contributed by atoms with van der Waals surface area (Å²) < 4.78 is 5.59. The first kappa shape index (κ1) is 12.2. The predicted molar refractivity (Wildman–Crippen MR) is 76.5 cm³/mol. The van der Waals surface area contributed by atoms with Crippen molar-refractivity contribution < 1.29 is 4.74 Å².